The molecule has 0 bridgehead atoms. The molecule has 1 atom stereocenters. The topological polar surface area (TPSA) is 130 Å². The van der Waals surface area contributed by atoms with Crippen LogP contribution in [-0.4, -0.2) is 29.0 Å². The van der Waals surface area contributed by atoms with Crippen LogP contribution in [0.15, 0.2) is 36.4 Å². The van der Waals surface area contributed by atoms with Crippen molar-refractivity contribution >= 4 is 16.2 Å². The number of ether oxygens (including phenoxy) is 1. The van der Waals surface area contributed by atoms with Gasteiger partial charge in [0.25, 0.3) is 0 Å². The highest BCUT2D eigenvalue weighted by molar-refractivity contribution is 7.81. The van der Waals surface area contributed by atoms with Crippen LogP contribution < -0.4 is 8.92 Å². The molecule has 1 unspecified atom stereocenters. The highest BCUT2D eigenvalue weighted by Gasteiger charge is 2.29. The Hall–Kier alpha value is -2.78. The Labute approximate surface area is 136 Å². The van der Waals surface area contributed by atoms with Gasteiger partial charge in [-0.25, -0.2) is 0 Å². The van der Waals surface area contributed by atoms with Crippen molar-refractivity contribution in [1.82, 2.24) is 0 Å². The Morgan fingerprint density at radius 3 is 2.58 bits per heavy atom. The van der Waals surface area contributed by atoms with Crippen molar-refractivity contribution in [3.8, 4) is 23.0 Å². The maximum atomic E-state index is 12.2. The first-order valence-corrected chi connectivity index (χ1v) is 8.12. The van der Waals surface area contributed by atoms with E-state index in [0.29, 0.717) is 5.56 Å². The maximum Gasteiger partial charge on any atom is 0.446 e. The molecule has 24 heavy (non-hydrogen) atoms. The summed E-state index contributed by atoms with van der Waals surface area (Å²) in [6.07, 6.45) is -0.786. The molecule has 126 valence electrons. The fourth-order valence-corrected chi connectivity index (χ4v) is 2.77. The lowest BCUT2D eigenvalue weighted by molar-refractivity contribution is 0.0849. The normalized spacial score (nSPS) is 17.0. The molecular formula is C15H12O8S. The first-order valence-electron chi connectivity index (χ1n) is 6.75. The van der Waals surface area contributed by atoms with Crippen LogP contribution in [0.5, 0.6) is 23.0 Å². The van der Waals surface area contributed by atoms with E-state index < -0.39 is 28.0 Å². The highest BCUT2D eigenvalue weighted by Crippen LogP contribution is 2.39. The SMILES string of the molecule is O=C1CC(c2ccc(O)c(OS(=O)(=O)O)c2)Oc2ccc(O)cc21. The number of carbonyl (C=O) groups is 1. The number of Topliss-reactive ketones (excluding diaryl/α,β-unsaturated/α-hetero) is 1. The van der Waals surface area contributed by atoms with E-state index in [1.165, 1.54) is 24.3 Å². The van der Waals surface area contributed by atoms with Gasteiger partial charge in [-0.3, -0.25) is 9.35 Å². The second-order valence-corrected chi connectivity index (χ2v) is 6.17. The maximum absolute atomic E-state index is 12.2. The second-order valence-electron chi connectivity index (χ2n) is 5.15. The predicted molar refractivity (Wildman–Crippen MR) is 80.7 cm³/mol. The molecule has 0 aliphatic carbocycles. The van der Waals surface area contributed by atoms with E-state index >= 15 is 0 Å². The minimum Gasteiger partial charge on any atom is -0.508 e. The van der Waals surface area contributed by atoms with Crippen molar-refractivity contribution in [3.05, 3.63) is 47.5 Å². The van der Waals surface area contributed by atoms with Crippen LogP contribution >= 0.6 is 0 Å². The van der Waals surface area contributed by atoms with Gasteiger partial charge in [0, 0.05) is 0 Å². The molecule has 0 radical (unpaired) electrons. The van der Waals surface area contributed by atoms with E-state index in [1.54, 1.807) is 0 Å². The molecule has 0 saturated heterocycles. The zero-order valence-electron chi connectivity index (χ0n) is 12.0. The number of ketones is 1. The summed E-state index contributed by atoms with van der Waals surface area (Å²) in [5.74, 6) is -1.02. The fourth-order valence-electron chi connectivity index (χ4n) is 2.41. The van der Waals surface area contributed by atoms with Gasteiger partial charge >= 0.3 is 10.4 Å². The molecule has 0 spiro atoms. The van der Waals surface area contributed by atoms with Gasteiger partial charge < -0.3 is 19.1 Å². The smallest absolute Gasteiger partial charge is 0.446 e. The summed E-state index contributed by atoms with van der Waals surface area (Å²) in [6.45, 7) is 0. The van der Waals surface area contributed by atoms with E-state index in [9.17, 15) is 23.4 Å². The molecule has 8 nitrogen and oxygen atoms in total. The van der Waals surface area contributed by atoms with Crippen LogP contribution in [0.2, 0.25) is 0 Å². The van der Waals surface area contributed by atoms with Crippen molar-refractivity contribution in [1.29, 1.82) is 0 Å². The van der Waals surface area contributed by atoms with Crippen LogP contribution in [0.4, 0.5) is 0 Å². The lowest BCUT2D eigenvalue weighted by Gasteiger charge is -2.25. The third kappa shape index (κ3) is 3.26. The molecule has 0 amide bonds. The number of hydrogen-bond donors (Lipinski definition) is 3. The molecule has 1 aliphatic heterocycles. The first-order chi connectivity index (χ1) is 11.2. The van der Waals surface area contributed by atoms with E-state index in [2.05, 4.69) is 4.18 Å². The molecule has 1 heterocycles. The molecule has 0 fully saturated rings. The van der Waals surface area contributed by atoms with Crippen LogP contribution in [0, 0.1) is 0 Å². The summed E-state index contributed by atoms with van der Waals surface area (Å²) in [5.41, 5.74) is 0.623. The lowest BCUT2D eigenvalue weighted by Crippen LogP contribution is -2.20. The molecule has 2 aromatic rings. The number of hydrogen-bond acceptors (Lipinski definition) is 7. The van der Waals surface area contributed by atoms with Gasteiger partial charge in [0.05, 0.1) is 12.0 Å². The monoisotopic (exact) mass is 352 g/mol. The van der Waals surface area contributed by atoms with E-state index in [1.807, 2.05) is 0 Å². The third-order valence-corrected chi connectivity index (χ3v) is 3.84. The van der Waals surface area contributed by atoms with Crippen molar-refractivity contribution in [2.24, 2.45) is 0 Å². The number of rotatable bonds is 3. The molecule has 0 saturated carbocycles. The Balaban J connectivity index is 1.94. The van der Waals surface area contributed by atoms with Crippen LogP contribution in [-0.2, 0) is 10.4 Å². The summed E-state index contributed by atoms with van der Waals surface area (Å²) < 4.78 is 40.3. The average molecular weight is 352 g/mol. The summed E-state index contributed by atoms with van der Waals surface area (Å²) >= 11 is 0. The van der Waals surface area contributed by atoms with Gasteiger partial charge in [-0.2, -0.15) is 8.42 Å². The number of phenols is 2. The van der Waals surface area contributed by atoms with Gasteiger partial charge in [-0.1, -0.05) is 6.07 Å². The minimum atomic E-state index is -4.81. The number of benzene rings is 2. The number of phenolic OH excluding ortho intramolecular Hbond substituents is 2. The molecular weight excluding hydrogens is 340 g/mol. The molecule has 0 aromatic heterocycles. The van der Waals surface area contributed by atoms with Gasteiger partial charge in [0.15, 0.2) is 17.3 Å². The summed E-state index contributed by atoms with van der Waals surface area (Å²) in [7, 11) is -4.81. The van der Waals surface area contributed by atoms with Crippen molar-refractivity contribution < 1.29 is 36.9 Å². The minimum absolute atomic E-state index is 0.0491. The molecule has 3 rings (SSSR count). The lowest BCUT2D eigenvalue weighted by atomic mass is 9.96. The first kappa shape index (κ1) is 16.1. The number of aromatic hydroxyl groups is 2. The van der Waals surface area contributed by atoms with Crippen molar-refractivity contribution in [2.45, 2.75) is 12.5 Å². The summed E-state index contributed by atoms with van der Waals surface area (Å²) in [4.78, 5) is 12.2. The molecule has 3 N–H and O–H groups in total. The Morgan fingerprint density at radius 2 is 1.88 bits per heavy atom. The molecule has 2 aromatic carbocycles. The van der Waals surface area contributed by atoms with Gasteiger partial charge in [0.2, 0.25) is 0 Å². The Kier molecular flexibility index (Phi) is 3.82. The van der Waals surface area contributed by atoms with Gasteiger partial charge in [-0.15, -0.1) is 0 Å². The Morgan fingerprint density at radius 1 is 1.12 bits per heavy atom. The molecule has 1 aliphatic rings. The van der Waals surface area contributed by atoms with E-state index in [-0.39, 0.29) is 29.3 Å². The molecule has 9 heteroatoms. The average Bonchev–Trinajstić information content (AvgIpc) is 2.48. The van der Waals surface area contributed by atoms with Gasteiger partial charge in [-0.05, 0) is 35.9 Å². The van der Waals surface area contributed by atoms with Crippen LogP contribution in [0.1, 0.15) is 28.4 Å². The van der Waals surface area contributed by atoms with Gasteiger partial charge in [0.1, 0.15) is 17.6 Å². The number of fused-ring (bicyclic) bond motifs is 1. The Bertz CT molecular complexity index is 919. The van der Waals surface area contributed by atoms with Crippen LogP contribution in [0.3, 0.4) is 0 Å². The summed E-state index contributed by atoms with van der Waals surface area (Å²) in [6, 6.07) is 7.89. The number of carbonyl (C=O) groups excluding carboxylic acids is 1. The second kappa shape index (κ2) is 5.69. The van der Waals surface area contributed by atoms with Crippen LogP contribution in [0.25, 0.3) is 0 Å². The van der Waals surface area contributed by atoms with E-state index in [4.69, 9.17) is 9.29 Å². The quantitative estimate of drug-likeness (QED) is 0.715. The van der Waals surface area contributed by atoms with Crippen molar-refractivity contribution in [3.63, 3.8) is 0 Å². The highest BCUT2D eigenvalue weighted by atomic mass is 32.3. The fraction of sp³-hybridized carbons (Fsp3) is 0.133. The zero-order valence-corrected chi connectivity index (χ0v) is 12.9. The largest absolute Gasteiger partial charge is 0.508 e. The van der Waals surface area contributed by atoms with E-state index in [0.717, 1.165) is 12.1 Å². The zero-order chi connectivity index (χ0) is 17.5. The predicted octanol–water partition coefficient (Wildman–Crippen LogP) is 1.99. The summed E-state index contributed by atoms with van der Waals surface area (Å²) in [5, 5.41) is 19.0. The standard InChI is InChI=1S/C15H12O8S/c16-9-2-4-13-10(6-9)12(18)7-14(22-13)8-1-3-11(17)15(5-8)23-24(19,20)21/h1-6,14,16-17H,7H2,(H,19,20,21). The third-order valence-electron chi connectivity index (χ3n) is 3.45. The van der Waals surface area contributed by atoms with Crippen molar-refractivity contribution in [2.75, 3.05) is 0 Å².